The maximum atomic E-state index is 6.23. The number of halogens is 1. The Hall–Kier alpha value is -2.91. The van der Waals surface area contributed by atoms with Crippen molar-refractivity contribution in [3.63, 3.8) is 0 Å². The van der Waals surface area contributed by atoms with Crippen molar-refractivity contribution in [3.05, 3.63) is 76.8 Å². The summed E-state index contributed by atoms with van der Waals surface area (Å²) >= 11 is 6.23. The Labute approximate surface area is 155 Å². The van der Waals surface area contributed by atoms with E-state index in [4.69, 9.17) is 21.7 Å². The van der Waals surface area contributed by atoms with Gasteiger partial charge in [-0.15, -0.1) is 0 Å². The van der Waals surface area contributed by atoms with Gasteiger partial charge in [-0.2, -0.15) is 5.10 Å². The predicted molar refractivity (Wildman–Crippen MR) is 108 cm³/mol. The van der Waals surface area contributed by atoms with Gasteiger partial charge in [0.2, 0.25) is 0 Å². The Balaban J connectivity index is 2.00. The van der Waals surface area contributed by atoms with Gasteiger partial charge in [0.15, 0.2) is 5.65 Å². The van der Waals surface area contributed by atoms with Crippen LogP contribution in [0.1, 0.15) is 11.1 Å². The second-order valence-electron chi connectivity index (χ2n) is 6.69. The molecule has 26 heavy (non-hydrogen) atoms. The van der Waals surface area contributed by atoms with E-state index in [-0.39, 0.29) is 0 Å². The second-order valence-corrected chi connectivity index (χ2v) is 7.13. The first-order chi connectivity index (χ1) is 12.6. The standard InChI is InChI=1S/C22H16ClN3/c1-13-7-8-14(2)18(11-13)21-16-5-3-4-6-17(16)22-24-19-10-9-15(23)12-20(19)26(22)25-21/h3-12H,1-2H3. The molecule has 126 valence electrons. The van der Waals surface area contributed by atoms with E-state index >= 15 is 0 Å². The van der Waals surface area contributed by atoms with Crippen molar-refractivity contribution in [2.75, 3.05) is 0 Å². The summed E-state index contributed by atoms with van der Waals surface area (Å²) in [7, 11) is 0. The average molecular weight is 358 g/mol. The van der Waals surface area contributed by atoms with Gasteiger partial charge >= 0.3 is 0 Å². The Kier molecular flexibility index (Phi) is 3.28. The molecule has 0 spiro atoms. The molecule has 2 aromatic heterocycles. The van der Waals surface area contributed by atoms with Crippen molar-refractivity contribution in [1.29, 1.82) is 0 Å². The summed E-state index contributed by atoms with van der Waals surface area (Å²) in [5.41, 5.74) is 7.20. The first kappa shape index (κ1) is 15.4. The van der Waals surface area contributed by atoms with E-state index in [9.17, 15) is 0 Å². The van der Waals surface area contributed by atoms with Gasteiger partial charge < -0.3 is 0 Å². The lowest BCUT2D eigenvalue weighted by Crippen LogP contribution is -1.98. The van der Waals surface area contributed by atoms with Crippen molar-refractivity contribution < 1.29 is 0 Å². The van der Waals surface area contributed by atoms with E-state index in [1.165, 1.54) is 11.1 Å². The zero-order chi connectivity index (χ0) is 17.8. The van der Waals surface area contributed by atoms with Gasteiger partial charge in [-0.25, -0.2) is 9.50 Å². The molecule has 0 radical (unpaired) electrons. The van der Waals surface area contributed by atoms with Gasteiger partial charge in [0.25, 0.3) is 0 Å². The highest BCUT2D eigenvalue weighted by molar-refractivity contribution is 6.31. The summed E-state index contributed by atoms with van der Waals surface area (Å²) in [5.74, 6) is 0. The molecule has 0 bridgehead atoms. The van der Waals surface area contributed by atoms with Crippen LogP contribution in [0.3, 0.4) is 0 Å². The van der Waals surface area contributed by atoms with E-state index in [2.05, 4.69) is 50.2 Å². The number of aromatic nitrogens is 3. The molecule has 0 N–H and O–H groups in total. The van der Waals surface area contributed by atoms with Crippen LogP contribution in [0, 0.1) is 13.8 Å². The van der Waals surface area contributed by atoms with Crippen molar-refractivity contribution in [2.24, 2.45) is 0 Å². The highest BCUT2D eigenvalue weighted by atomic mass is 35.5. The molecule has 0 aliphatic carbocycles. The summed E-state index contributed by atoms with van der Waals surface area (Å²) < 4.78 is 1.92. The van der Waals surface area contributed by atoms with Gasteiger partial charge in [0.1, 0.15) is 0 Å². The van der Waals surface area contributed by atoms with E-state index in [1.807, 2.05) is 28.8 Å². The van der Waals surface area contributed by atoms with Crippen LogP contribution < -0.4 is 0 Å². The number of hydrogen-bond acceptors (Lipinski definition) is 2. The SMILES string of the molecule is Cc1ccc(C)c(-c2nn3c4cc(Cl)ccc4nc3c3ccccc23)c1. The molecule has 4 heteroatoms. The van der Waals surface area contributed by atoms with Gasteiger partial charge in [0, 0.05) is 21.4 Å². The first-order valence-electron chi connectivity index (χ1n) is 8.56. The van der Waals surface area contributed by atoms with Crippen LogP contribution in [0.5, 0.6) is 0 Å². The summed E-state index contributed by atoms with van der Waals surface area (Å²) in [6.07, 6.45) is 0. The van der Waals surface area contributed by atoms with Crippen LogP contribution in [0.15, 0.2) is 60.7 Å². The normalized spacial score (nSPS) is 11.7. The number of imidazole rings is 1. The Morgan fingerprint density at radius 2 is 1.69 bits per heavy atom. The van der Waals surface area contributed by atoms with E-state index in [1.54, 1.807) is 0 Å². The van der Waals surface area contributed by atoms with Crippen LogP contribution in [0.4, 0.5) is 0 Å². The monoisotopic (exact) mass is 357 g/mol. The van der Waals surface area contributed by atoms with E-state index in [0.29, 0.717) is 5.02 Å². The minimum Gasteiger partial charge on any atom is -0.226 e. The van der Waals surface area contributed by atoms with Crippen LogP contribution in [0.25, 0.3) is 38.7 Å². The van der Waals surface area contributed by atoms with Gasteiger partial charge in [0.05, 0.1) is 16.7 Å². The number of hydrogen-bond donors (Lipinski definition) is 0. The molecule has 0 amide bonds. The minimum absolute atomic E-state index is 0.683. The molecule has 0 aliphatic rings. The maximum Gasteiger partial charge on any atom is 0.162 e. The highest BCUT2D eigenvalue weighted by Crippen LogP contribution is 2.33. The molecule has 0 aliphatic heterocycles. The largest absolute Gasteiger partial charge is 0.226 e. The van der Waals surface area contributed by atoms with Gasteiger partial charge in [-0.3, -0.25) is 0 Å². The molecule has 0 saturated heterocycles. The summed E-state index contributed by atoms with van der Waals surface area (Å²) in [6.45, 7) is 4.23. The zero-order valence-corrected chi connectivity index (χ0v) is 15.2. The topological polar surface area (TPSA) is 30.2 Å². The maximum absolute atomic E-state index is 6.23. The van der Waals surface area contributed by atoms with Gasteiger partial charge in [-0.1, -0.05) is 53.6 Å². The van der Waals surface area contributed by atoms with E-state index < -0.39 is 0 Å². The predicted octanol–water partition coefficient (Wildman–Crippen LogP) is 5.97. The molecule has 3 nitrogen and oxygen atoms in total. The quantitative estimate of drug-likeness (QED) is 0.370. The number of aryl methyl sites for hydroxylation is 2. The third-order valence-corrected chi connectivity index (χ3v) is 5.10. The second kappa shape index (κ2) is 5.55. The molecule has 3 aromatic carbocycles. The Bertz CT molecular complexity index is 1320. The average Bonchev–Trinajstić information content (AvgIpc) is 3.01. The third kappa shape index (κ3) is 2.21. The molecule has 0 atom stereocenters. The third-order valence-electron chi connectivity index (χ3n) is 4.86. The smallest absolute Gasteiger partial charge is 0.162 e. The van der Waals surface area contributed by atoms with Crippen molar-refractivity contribution >= 4 is 39.1 Å². The molecule has 0 saturated carbocycles. The molecular weight excluding hydrogens is 342 g/mol. The molecule has 0 unspecified atom stereocenters. The van der Waals surface area contributed by atoms with Crippen molar-refractivity contribution in [3.8, 4) is 11.3 Å². The zero-order valence-electron chi connectivity index (χ0n) is 14.5. The number of rotatable bonds is 1. The number of fused-ring (bicyclic) bond motifs is 5. The number of nitrogens with zero attached hydrogens (tertiary/aromatic N) is 3. The van der Waals surface area contributed by atoms with E-state index in [0.717, 1.165) is 38.7 Å². The van der Waals surface area contributed by atoms with Crippen LogP contribution in [-0.2, 0) is 0 Å². The fourth-order valence-electron chi connectivity index (χ4n) is 3.54. The molecule has 2 heterocycles. The molecule has 5 aromatic rings. The van der Waals surface area contributed by atoms with Crippen molar-refractivity contribution in [1.82, 2.24) is 14.6 Å². The van der Waals surface area contributed by atoms with Gasteiger partial charge in [-0.05, 0) is 43.7 Å². The molecule has 0 fully saturated rings. The van der Waals surface area contributed by atoms with Crippen LogP contribution in [-0.4, -0.2) is 14.6 Å². The Morgan fingerprint density at radius 3 is 2.54 bits per heavy atom. The first-order valence-corrected chi connectivity index (χ1v) is 8.94. The lowest BCUT2D eigenvalue weighted by Gasteiger charge is -2.11. The fourth-order valence-corrected chi connectivity index (χ4v) is 3.71. The lowest BCUT2D eigenvalue weighted by molar-refractivity contribution is 0.983. The van der Waals surface area contributed by atoms with Crippen LogP contribution in [0.2, 0.25) is 5.02 Å². The summed E-state index contributed by atoms with van der Waals surface area (Å²) in [6, 6.07) is 20.5. The lowest BCUT2D eigenvalue weighted by atomic mass is 9.99. The van der Waals surface area contributed by atoms with Crippen LogP contribution >= 0.6 is 11.6 Å². The van der Waals surface area contributed by atoms with Crippen molar-refractivity contribution in [2.45, 2.75) is 13.8 Å². The highest BCUT2D eigenvalue weighted by Gasteiger charge is 2.15. The molecular formula is C22H16ClN3. The molecule has 5 rings (SSSR count). The summed E-state index contributed by atoms with van der Waals surface area (Å²) in [4.78, 5) is 4.80. The minimum atomic E-state index is 0.683. The number of benzene rings is 3. The Morgan fingerprint density at radius 1 is 0.885 bits per heavy atom. The summed E-state index contributed by atoms with van der Waals surface area (Å²) in [5, 5.41) is 7.88. The fraction of sp³-hybridized carbons (Fsp3) is 0.0909.